The lowest BCUT2D eigenvalue weighted by molar-refractivity contribution is -0.146. The van der Waals surface area contributed by atoms with Gasteiger partial charge in [-0.05, 0) is 44.5 Å². The number of carbonyl (C=O) groups is 3. The van der Waals surface area contributed by atoms with Crippen LogP contribution in [0.4, 0.5) is 5.69 Å². The zero-order valence-electron chi connectivity index (χ0n) is 13.3. The van der Waals surface area contributed by atoms with Gasteiger partial charge in [0, 0.05) is 17.7 Å². The molecule has 0 saturated heterocycles. The van der Waals surface area contributed by atoms with Crippen molar-refractivity contribution >= 4 is 23.5 Å². The fraction of sp³-hybridized carbons (Fsp3) is 0.438. The Morgan fingerprint density at radius 3 is 2.26 bits per heavy atom. The molecule has 126 valence electrons. The quantitative estimate of drug-likeness (QED) is 0.551. The summed E-state index contributed by atoms with van der Waals surface area (Å²) in [5.41, 5.74) is 6.47. The lowest BCUT2D eigenvalue weighted by atomic mass is 10.1. The van der Waals surface area contributed by atoms with Crippen molar-refractivity contribution in [2.75, 3.05) is 18.9 Å². The van der Waals surface area contributed by atoms with E-state index in [1.807, 2.05) is 0 Å². The van der Waals surface area contributed by atoms with Gasteiger partial charge >= 0.3 is 11.9 Å². The Labute approximate surface area is 135 Å². The molecule has 1 rings (SSSR count). The molecule has 0 saturated carbocycles. The third-order valence-corrected chi connectivity index (χ3v) is 2.99. The van der Waals surface area contributed by atoms with Crippen molar-refractivity contribution in [1.82, 2.24) is 5.32 Å². The molecule has 1 aromatic rings. The van der Waals surface area contributed by atoms with Crippen LogP contribution in [0, 0.1) is 0 Å². The standard InChI is InChI=1S/C16H22N2O5/c1-3-22-14(19)10-9-13(16(21)23-4-2)18-15(20)11-5-7-12(17)8-6-11/h5-8,13H,3-4,9-10,17H2,1-2H3,(H,18,20). The SMILES string of the molecule is CCOC(=O)CCC(NC(=O)c1ccc(N)cc1)C(=O)OCC. The first kappa shape index (κ1) is 18.5. The topological polar surface area (TPSA) is 108 Å². The van der Waals surface area contributed by atoms with Crippen LogP contribution in [0.5, 0.6) is 0 Å². The van der Waals surface area contributed by atoms with Gasteiger partial charge in [-0.1, -0.05) is 0 Å². The molecule has 7 nitrogen and oxygen atoms in total. The van der Waals surface area contributed by atoms with E-state index in [2.05, 4.69) is 5.32 Å². The first-order valence-corrected chi connectivity index (χ1v) is 7.46. The fourth-order valence-corrected chi connectivity index (χ4v) is 1.86. The summed E-state index contributed by atoms with van der Waals surface area (Å²) < 4.78 is 9.74. The predicted octanol–water partition coefficient (Wildman–Crippen LogP) is 1.27. The third kappa shape index (κ3) is 6.37. The minimum atomic E-state index is -0.913. The largest absolute Gasteiger partial charge is 0.466 e. The van der Waals surface area contributed by atoms with Gasteiger partial charge in [0.1, 0.15) is 6.04 Å². The zero-order chi connectivity index (χ0) is 17.2. The summed E-state index contributed by atoms with van der Waals surface area (Å²) in [6, 6.07) is 5.38. The Morgan fingerprint density at radius 2 is 1.70 bits per heavy atom. The highest BCUT2D eigenvalue weighted by molar-refractivity contribution is 5.97. The minimum Gasteiger partial charge on any atom is -0.466 e. The third-order valence-electron chi connectivity index (χ3n) is 2.99. The normalized spacial score (nSPS) is 11.4. The molecule has 3 N–H and O–H groups in total. The highest BCUT2D eigenvalue weighted by Gasteiger charge is 2.23. The number of nitrogen functional groups attached to an aromatic ring is 1. The Hall–Kier alpha value is -2.57. The van der Waals surface area contributed by atoms with Crippen LogP contribution in [0.15, 0.2) is 24.3 Å². The monoisotopic (exact) mass is 322 g/mol. The molecule has 0 aliphatic heterocycles. The van der Waals surface area contributed by atoms with Crippen molar-refractivity contribution in [3.63, 3.8) is 0 Å². The van der Waals surface area contributed by atoms with Gasteiger partial charge in [-0.15, -0.1) is 0 Å². The second-order valence-electron chi connectivity index (χ2n) is 4.74. The van der Waals surface area contributed by atoms with E-state index in [4.69, 9.17) is 15.2 Å². The Balaban J connectivity index is 2.71. The fourth-order valence-electron chi connectivity index (χ4n) is 1.86. The number of esters is 2. The van der Waals surface area contributed by atoms with Gasteiger partial charge in [0.15, 0.2) is 0 Å². The van der Waals surface area contributed by atoms with Crippen molar-refractivity contribution in [2.24, 2.45) is 0 Å². The van der Waals surface area contributed by atoms with Crippen LogP contribution >= 0.6 is 0 Å². The maximum absolute atomic E-state index is 12.2. The molecule has 0 fully saturated rings. The summed E-state index contributed by atoms with van der Waals surface area (Å²) in [4.78, 5) is 35.5. The summed E-state index contributed by atoms with van der Waals surface area (Å²) in [7, 11) is 0. The molecular weight excluding hydrogens is 300 g/mol. The van der Waals surface area contributed by atoms with Gasteiger partial charge in [0.2, 0.25) is 0 Å². The molecule has 0 radical (unpaired) electrons. The molecule has 1 amide bonds. The molecule has 0 heterocycles. The van der Waals surface area contributed by atoms with E-state index < -0.39 is 23.9 Å². The lowest BCUT2D eigenvalue weighted by Gasteiger charge is -2.17. The van der Waals surface area contributed by atoms with Crippen molar-refractivity contribution in [1.29, 1.82) is 0 Å². The number of benzene rings is 1. The van der Waals surface area contributed by atoms with Gasteiger partial charge < -0.3 is 20.5 Å². The molecule has 1 atom stereocenters. The first-order valence-electron chi connectivity index (χ1n) is 7.46. The number of nitrogens with two attached hydrogens (primary N) is 1. The number of nitrogens with one attached hydrogen (secondary N) is 1. The highest BCUT2D eigenvalue weighted by Crippen LogP contribution is 2.08. The lowest BCUT2D eigenvalue weighted by Crippen LogP contribution is -2.42. The van der Waals surface area contributed by atoms with E-state index in [0.717, 1.165) is 0 Å². The average Bonchev–Trinajstić information content (AvgIpc) is 2.52. The first-order chi connectivity index (χ1) is 11.0. The number of hydrogen-bond acceptors (Lipinski definition) is 6. The van der Waals surface area contributed by atoms with Crippen LogP contribution in [-0.4, -0.2) is 37.1 Å². The van der Waals surface area contributed by atoms with Crippen molar-refractivity contribution in [3.8, 4) is 0 Å². The number of rotatable bonds is 8. The van der Waals surface area contributed by atoms with Gasteiger partial charge in [-0.3, -0.25) is 9.59 Å². The molecule has 1 aromatic carbocycles. The zero-order valence-corrected chi connectivity index (χ0v) is 13.3. The van der Waals surface area contributed by atoms with E-state index in [1.165, 1.54) is 0 Å². The Morgan fingerprint density at radius 1 is 1.09 bits per heavy atom. The highest BCUT2D eigenvalue weighted by atomic mass is 16.5. The smallest absolute Gasteiger partial charge is 0.328 e. The van der Waals surface area contributed by atoms with Crippen molar-refractivity contribution in [2.45, 2.75) is 32.7 Å². The van der Waals surface area contributed by atoms with Crippen LogP contribution < -0.4 is 11.1 Å². The van der Waals surface area contributed by atoms with Crippen LogP contribution in [0.3, 0.4) is 0 Å². The van der Waals surface area contributed by atoms with E-state index in [-0.39, 0.29) is 26.1 Å². The van der Waals surface area contributed by atoms with Crippen molar-refractivity contribution in [3.05, 3.63) is 29.8 Å². The van der Waals surface area contributed by atoms with Gasteiger partial charge in [0.05, 0.1) is 13.2 Å². The van der Waals surface area contributed by atoms with Crippen LogP contribution in [-0.2, 0) is 19.1 Å². The summed E-state index contributed by atoms with van der Waals surface area (Å²) in [5, 5.41) is 2.57. The predicted molar refractivity (Wildman–Crippen MR) is 84.6 cm³/mol. The molecule has 0 spiro atoms. The summed E-state index contributed by atoms with van der Waals surface area (Å²) >= 11 is 0. The van der Waals surface area contributed by atoms with E-state index in [0.29, 0.717) is 11.3 Å². The Kier molecular flexibility index (Phi) is 7.59. The molecule has 7 heteroatoms. The molecular formula is C16H22N2O5. The second kappa shape index (κ2) is 9.45. The number of carbonyl (C=O) groups excluding carboxylic acids is 3. The average molecular weight is 322 g/mol. The molecule has 1 unspecified atom stereocenters. The number of ether oxygens (including phenoxy) is 2. The van der Waals surface area contributed by atoms with Gasteiger partial charge in [-0.2, -0.15) is 0 Å². The molecule has 23 heavy (non-hydrogen) atoms. The summed E-state index contributed by atoms with van der Waals surface area (Å²) in [5.74, 6) is -1.45. The van der Waals surface area contributed by atoms with Crippen LogP contribution in [0.2, 0.25) is 0 Å². The van der Waals surface area contributed by atoms with Crippen LogP contribution in [0.25, 0.3) is 0 Å². The van der Waals surface area contributed by atoms with Gasteiger partial charge in [-0.25, -0.2) is 4.79 Å². The maximum Gasteiger partial charge on any atom is 0.328 e. The summed E-state index contributed by atoms with van der Waals surface area (Å²) in [6.45, 7) is 3.82. The van der Waals surface area contributed by atoms with E-state index in [1.54, 1.807) is 38.1 Å². The van der Waals surface area contributed by atoms with E-state index in [9.17, 15) is 14.4 Å². The van der Waals surface area contributed by atoms with Crippen LogP contribution in [0.1, 0.15) is 37.0 Å². The summed E-state index contributed by atoms with van der Waals surface area (Å²) in [6.07, 6.45) is 0.123. The molecule has 0 bridgehead atoms. The van der Waals surface area contributed by atoms with Crippen molar-refractivity contribution < 1.29 is 23.9 Å². The van der Waals surface area contributed by atoms with Gasteiger partial charge in [0.25, 0.3) is 5.91 Å². The van der Waals surface area contributed by atoms with E-state index >= 15 is 0 Å². The maximum atomic E-state index is 12.2. The minimum absolute atomic E-state index is 0.0132. The second-order valence-corrected chi connectivity index (χ2v) is 4.74. The molecule has 0 aliphatic rings. The number of anilines is 1. The number of amides is 1. The Bertz CT molecular complexity index is 542. The number of hydrogen-bond donors (Lipinski definition) is 2. The molecule has 0 aliphatic carbocycles. The molecule has 0 aromatic heterocycles.